The van der Waals surface area contributed by atoms with Gasteiger partial charge in [-0.3, -0.25) is 13.9 Å². The molecule has 33 heavy (non-hydrogen) atoms. The van der Waals surface area contributed by atoms with Crippen molar-refractivity contribution in [2.24, 2.45) is 0 Å². The van der Waals surface area contributed by atoms with Crippen LogP contribution in [0, 0.1) is 6.92 Å². The molecule has 0 saturated carbocycles. The number of aromatic nitrogens is 5. The Balaban J connectivity index is 2.00. The van der Waals surface area contributed by atoms with Crippen molar-refractivity contribution in [2.75, 3.05) is 14.2 Å². The summed E-state index contributed by atoms with van der Waals surface area (Å²) in [6, 6.07) is 13.2. The second-order valence-electron chi connectivity index (χ2n) is 8.08. The quantitative estimate of drug-likeness (QED) is 0.395. The minimum atomic E-state index is -0.116. The van der Waals surface area contributed by atoms with Crippen LogP contribution in [0.15, 0.2) is 47.3 Å². The third-order valence-corrected chi connectivity index (χ3v) is 6.11. The zero-order chi connectivity index (χ0) is 23.3. The zero-order valence-electron chi connectivity index (χ0n) is 19.3. The number of rotatable bonds is 5. The summed E-state index contributed by atoms with van der Waals surface area (Å²) < 4.78 is 14.6. The van der Waals surface area contributed by atoms with Gasteiger partial charge in [0.2, 0.25) is 0 Å². The number of hydrogen-bond acceptors (Lipinski definition) is 6. The van der Waals surface area contributed by atoms with Crippen LogP contribution in [-0.2, 0) is 0 Å². The maximum absolute atomic E-state index is 13.8. The van der Waals surface area contributed by atoms with E-state index in [4.69, 9.17) is 24.4 Å². The van der Waals surface area contributed by atoms with Gasteiger partial charge in [-0.15, -0.1) is 0 Å². The molecule has 0 unspecified atom stereocenters. The molecule has 3 heterocycles. The van der Waals surface area contributed by atoms with Gasteiger partial charge in [-0.25, -0.2) is 15.0 Å². The Morgan fingerprint density at radius 3 is 2.18 bits per heavy atom. The van der Waals surface area contributed by atoms with Crippen LogP contribution in [0.5, 0.6) is 11.5 Å². The number of aryl methyl sites for hydroxylation is 1. The molecule has 0 saturated heterocycles. The summed E-state index contributed by atoms with van der Waals surface area (Å²) in [5.41, 5.74) is 3.67. The topological polar surface area (TPSA) is 84.1 Å². The van der Waals surface area contributed by atoms with E-state index < -0.39 is 0 Å². The number of para-hydroxylation sites is 2. The van der Waals surface area contributed by atoms with Gasteiger partial charge >= 0.3 is 0 Å². The highest BCUT2D eigenvalue weighted by atomic mass is 16.5. The summed E-state index contributed by atoms with van der Waals surface area (Å²) >= 11 is 0. The standard InChI is InChI=1S/C25H25N5O3/c1-6-14(2)29-15(3)26-23-21(25(29)31)22-24(28-20-10-8-7-9-19(20)27-22)30(23)16-11-17(32-4)13-18(12-16)33-5/h7-14H,6H2,1-5H3/t14-/m0/s1. The minimum absolute atomic E-state index is 0.0122. The van der Waals surface area contributed by atoms with Crippen molar-refractivity contribution in [3.05, 3.63) is 58.6 Å². The molecule has 0 aliphatic carbocycles. The molecular formula is C25H25N5O3. The fraction of sp³-hybridized carbons (Fsp3) is 0.280. The molecule has 0 bridgehead atoms. The molecule has 3 aromatic heterocycles. The third kappa shape index (κ3) is 3.21. The maximum atomic E-state index is 13.8. The van der Waals surface area contributed by atoms with Crippen LogP contribution in [0.2, 0.25) is 0 Å². The van der Waals surface area contributed by atoms with Gasteiger partial charge in [-0.2, -0.15) is 0 Å². The Labute approximate surface area is 190 Å². The largest absolute Gasteiger partial charge is 0.497 e. The minimum Gasteiger partial charge on any atom is -0.497 e. The van der Waals surface area contributed by atoms with Crippen molar-refractivity contribution >= 4 is 33.2 Å². The molecule has 0 N–H and O–H groups in total. The number of hydrogen-bond donors (Lipinski definition) is 0. The summed E-state index contributed by atoms with van der Waals surface area (Å²) in [5, 5.41) is 0.455. The molecule has 8 nitrogen and oxygen atoms in total. The summed E-state index contributed by atoms with van der Waals surface area (Å²) in [7, 11) is 3.20. The first-order valence-corrected chi connectivity index (χ1v) is 10.9. The van der Waals surface area contributed by atoms with Crippen LogP contribution in [-0.4, -0.2) is 38.3 Å². The molecule has 8 heteroatoms. The number of nitrogens with zero attached hydrogens (tertiary/aromatic N) is 5. The monoisotopic (exact) mass is 443 g/mol. The van der Waals surface area contributed by atoms with Crippen LogP contribution in [0.4, 0.5) is 0 Å². The van der Waals surface area contributed by atoms with E-state index in [1.54, 1.807) is 24.9 Å². The van der Waals surface area contributed by atoms with Crippen LogP contribution in [0.1, 0.15) is 32.1 Å². The van der Waals surface area contributed by atoms with Gasteiger partial charge in [-0.05, 0) is 32.4 Å². The molecule has 5 aromatic rings. The average Bonchev–Trinajstić information content (AvgIpc) is 3.14. The van der Waals surface area contributed by atoms with Gasteiger partial charge in [-0.1, -0.05) is 19.1 Å². The first-order chi connectivity index (χ1) is 16.0. The highest BCUT2D eigenvalue weighted by Crippen LogP contribution is 2.32. The van der Waals surface area contributed by atoms with Crippen molar-refractivity contribution < 1.29 is 9.47 Å². The average molecular weight is 444 g/mol. The summed E-state index contributed by atoms with van der Waals surface area (Å²) in [4.78, 5) is 28.4. The highest BCUT2D eigenvalue weighted by Gasteiger charge is 2.24. The Morgan fingerprint density at radius 1 is 0.939 bits per heavy atom. The number of methoxy groups -OCH3 is 2. The van der Waals surface area contributed by atoms with Crippen LogP contribution >= 0.6 is 0 Å². The number of benzene rings is 2. The Hall–Kier alpha value is -3.94. The fourth-order valence-electron chi connectivity index (χ4n) is 4.28. The number of ether oxygens (including phenoxy) is 2. The Kier molecular flexibility index (Phi) is 5.00. The van der Waals surface area contributed by atoms with Crippen LogP contribution in [0.3, 0.4) is 0 Å². The lowest BCUT2D eigenvalue weighted by Crippen LogP contribution is -2.26. The molecule has 2 aromatic carbocycles. The molecule has 0 spiro atoms. The normalized spacial score (nSPS) is 12.5. The SMILES string of the molecule is CC[C@H](C)n1c(C)nc2c(c1=O)c1nc3ccccc3nc1n2-c1cc(OC)cc(OC)c1. The summed E-state index contributed by atoms with van der Waals surface area (Å²) in [5.74, 6) is 1.89. The van der Waals surface area contributed by atoms with E-state index in [1.165, 1.54) is 0 Å². The van der Waals surface area contributed by atoms with Gasteiger partial charge in [0.15, 0.2) is 11.3 Å². The van der Waals surface area contributed by atoms with E-state index in [0.29, 0.717) is 39.5 Å². The van der Waals surface area contributed by atoms with E-state index in [1.807, 2.05) is 54.8 Å². The first-order valence-electron chi connectivity index (χ1n) is 10.9. The third-order valence-electron chi connectivity index (χ3n) is 6.11. The van der Waals surface area contributed by atoms with Crippen LogP contribution < -0.4 is 15.0 Å². The van der Waals surface area contributed by atoms with Gasteiger partial charge in [0.1, 0.15) is 28.2 Å². The molecule has 0 aliphatic heterocycles. The zero-order valence-corrected chi connectivity index (χ0v) is 19.3. The Morgan fingerprint density at radius 2 is 1.58 bits per heavy atom. The second-order valence-corrected chi connectivity index (χ2v) is 8.08. The molecule has 5 rings (SSSR count). The molecular weight excluding hydrogens is 418 g/mol. The van der Waals surface area contributed by atoms with E-state index in [0.717, 1.165) is 23.1 Å². The van der Waals surface area contributed by atoms with Crippen molar-refractivity contribution in [1.82, 2.24) is 24.1 Å². The lowest BCUT2D eigenvalue weighted by Gasteiger charge is -2.16. The van der Waals surface area contributed by atoms with Crippen molar-refractivity contribution in [2.45, 2.75) is 33.2 Å². The van der Waals surface area contributed by atoms with Gasteiger partial charge in [0.05, 0.1) is 30.9 Å². The maximum Gasteiger partial charge on any atom is 0.265 e. The summed E-state index contributed by atoms with van der Waals surface area (Å²) in [6.45, 7) is 5.94. The second kappa shape index (κ2) is 7.88. The van der Waals surface area contributed by atoms with E-state index in [9.17, 15) is 4.79 Å². The van der Waals surface area contributed by atoms with Gasteiger partial charge in [0, 0.05) is 24.2 Å². The Bertz CT molecular complexity index is 1560. The first kappa shape index (κ1) is 20.9. The van der Waals surface area contributed by atoms with Crippen LogP contribution in [0.25, 0.3) is 38.9 Å². The van der Waals surface area contributed by atoms with E-state index >= 15 is 0 Å². The lowest BCUT2D eigenvalue weighted by atomic mass is 10.2. The molecule has 0 amide bonds. The van der Waals surface area contributed by atoms with Gasteiger partial charge in [0.25, 0.3) is 5.56 Å². The van der Waals surface area contributed by atoms with E-state index in [-0.39, 0.29) is 11.6 Å². The molecule has 0 radical (unpaired) electrons. The molecule has 1 atom stereocenters. The van der Waals surface area contributed by atoms with Crippen molar-refractivity contribution in [1.29, 1.82) is 0 Å². The van der Waals surface area contributed by atoms with Gasteiger partial charge < -0.3 is 9.47 Å². The highest BCUT2D eigenvalue weighted by molar-refractivity contribution is 6.05. The fourth-order valence-corrected chi connectivity index (χ4v) is 4.28. The predicted octanol–water partition coefficient (Wildman–Crippen LogP) is 4.58. The molecule has 0 fully saturated rings. The molecule has 168 valence electrons. The van der Waals surface area contributed by atoms with Crippen molar-refractivity contribution in [3.8, 4) is 17.2 Å². The summed E-state index contributed by atoms with van der Waals surface area (Å²) in [6.07, 6.45) is 0.814. The number of fused-ring (bicyclic) bond motifs is 4. The predicted molar refractivity (Wildman–Crippen MR) is 129 cm³/mol. The molecule has 0 aliphatic rings. The van der Waals surface area contributed by atoms with E-state index in [2.05, 4.69) is 6.92 Å². The lowest BCUT2D eigenvalue weighted by molar-refractivity contribution is 0.394. The smallest absolute Gasteiger partial charge is 0.265 e. The van der Waals surface area contributed by atoms with Crippen molar-refractivity contribution in [3.63, 3.8) is 0 Å².